The van der Waals surface area contributed by atoms with Crippen molar-refractivity contribution in [3.63, 3.8) is 0 Å². The van der Waals surface area contributed by atoms with Crippen LogP contribution >= 0.6 is 22.7 Å². The summed E-state index contributed by atoms with van der Waals surface area (Å²) in [4.78, 5) is 17.9. The average molecular weight is 406 g/mol. The van der Waals surface area contributed by atoms with Crippen LogP contribution in [0.2, 0.25) is 0 Å². The predicted molar refractivity (Wildman–Crippen MR) is 98.4 cm³/mol. The van der Waals surface area contributed by atoms with Crippen molar-refractivity contribution in [2.24, 2.45) is 0 Å². The summed E-state index contributed by atoms with van der Waals surface area (Å²) in [6.07, 6.45) is 9.63. The van der Waals surface area contributed by atoms with E-state index >= 15 is 0 Å². The quantitative estimate of drug-likeness (QED) is 0.422. The van der Waals surface area contributed by atoms with Gasteiger partial charge >= 0.3 is 0 Å². The number of hydrogen-bond donors (Lipinski definition) is 0. The Balaban J connectivity index is 1.46. The Bertz CT molecular complexity index is 1300. The average Bonchev–Trinajstić information content (AvgIpc) is 3.48. The minimum Gasteiger partial charge on any atom is -0.261 e. The fraction of sp³-hybridized carbons (Fsp3) is 0. The van der Waals surface area contributed by atoms with Crippen LogP contribution in [0.25, 0.3) is 43.0 Å². The van der Waals surface area contributed by atoms with E-state index < -0.39 is 0 Å². The van der Waals surface area contributed by atoms with Gasteiger partial charge in [0.05, 0.1) is 12.4 Å². The molecule has 28 heavy (non-hydrogen) atoms. The summed E-state index contributed by atoms with van der Waals surface area (Å²) < 4.78 is 3.27. The Morgan fingerprint density at radius 2 is 1.11 bits per heavy atom. The molecular formula is C14H6N12S2. The first-order valence-corrected chi connectivity index (χ1v) is 9.48. The lowest BCUT2D eigenvalue weighted by atomic mass is 10.4. The van der Waals surface area contributed by atoms with Crippen LogP contribution < -0.4 is 0 Å². The summed E-state index contributed by atoms with van der Waals surface area (Å²) >= 11 is 2.75. The standard InChI is InChI=1S/C14H6N12S2/c1-3-17-7(5-15-1)9-19-21-13-25(9)23-11(27-13)12-24-26-10(20-22-14(26)28-12)8-6-16-2-4-18-8/h1-6H. The number of aromatic nitrogens is 12. The summed E-state index contributed by atoms with van der Waals surface area (Å²) in [6.45, 7) is 0. The van der Waals surface area contributed by atoms with Crippen molar-refractivity contribution in [3.8, 4) is 33.1 Å². The maximum absolute atomic E-state index is 4.60. The van der Waals surface area contributed by atoms with Gasteiger partial charge in [-0.1, -0.05) is 22.7 Å². The van der Waals surface area contributed by atoms with E-state index in [2.05, 4.69) is 50.5 Å². The minimum atomic E-state index is 0.522. The molecule has 0 saturated heterocycles. The van der Waals surface area contributed by atoms with Crippen LogP contribution in [0.1, 0.15) is 0 Å². The number of rotatable bonds is 3. The van der Waals surface area contributed by atoms with E-state index in [1.165, 1.54) is 22.7 Å². The first-order valence-electron chi connectivity index (χ1n) is 7.84. The molecular weight excluding hydrogens is 400 g/mol. The molecule has 134 valence electrons. The van der Waals surface area contributed by atoms with E-state index in [9.17, 15) is 0 Å². The summed E-state index contributed by atoms with van der Waals surface area (Å²) in [5, 5.41) is 27.2. The second kappa shape index (κ2) is 5.86. The van der Waals surface area contributed by atoms with E-state index in [0.29, 0.717) is 43.0 Å². The zero-order valence-corrected chi connectivity index (χ0v) is 15.3. The summed E-state index contributed by atoms with van der Waals surface area (Å²) in [5.41, 5.74) is 1.19. The molecule has 0 aromatic carbocycles. The van der Waals surface area contributed by atoms with Gasteiger partial charge in [0, 0.05) is 24.8 Å². The van der Waals surface area contributed by atoms with Gasteiger partial charge in [0.1, 0.15) is 11.4 Å². The van der Waals surface area contributed by atoms with Gasteiger partial charge in [-0.25, -0.2) is 9.97 Å². The highest BCUT2D eigenvalue weighted by Gasteiger charge is 2.20. The molecule has 0 atom stereocenters. The van der Waals surface area contributed by atoms with E-state index in [1.807, 2.05) is 0 Å². The third-order valence-electron chi connectivity index (χ3n) is 3.75. The molecule has 0 saturated carbocycles. The Morgan fingerprint density at radius 1 is 0.607 bits per heavy atom. The second-order valence-electron chi connectivity index (χ2n) is 5.43. The van der Waals surface area contributed by atoms with E-state index in [1.54, 1.807) is 46.2 Å². The third kappa shape index (κ3) is 2.28. The normalized spacial score (nSPS) is 11.6. The zero-order chi connectivity index (χ0) is 18.5. The van der Waals surface area contributed by atoms with Gasteiger partial charge in [0.2, 0.25) is 21.6 Å². The van der Waals surface area contributed by atoms with Crippen molar-refractivity contribution in [2.45, 2.75) is 0 Å². The number of nitrogens with zero attached hydrogens (tertiary/aromatic N) is 12. The lowest BCUT2D eigenvalue weighted by Crippen LogP contribution is -1.95. The van der Waals surface area contributed by atoms with Crippen LogP contribution in [0, 0.1) is 0 Å². The van der Waals surface area contributed by atoms with Crippen molar-refractivity contribution in [3.05, 3.63) is 37.2 Å². The molecule has 0 fully saturated rings. The second-order valence-corrected chi connectivity index (χ2v) is 7.34. The molecule has 14 heteroatoms. The topological polar surface area (TPSA) is 138 Å². The molecule has 0 bridgehead atoms. The lowest BCUT2D eigenvalue weighted by molar-refractivity contribution is 0.934. The highest BCUT2D eigenvalue weighted by atomic mass is 32.1. The molecule has 0 N–H and O–H groups in total. The Labute approximate surface area is 162 Å². The predicted octanol–water partition coefficient (Wildman–Crippen LogP) is 1.27. The smallest absolute Gasteiger partial charge is 0.235 e. The summed E-state index contributed by atoms with van der Waals surface area (Å²) in [7, 11) is 0. The number of hydrogen-bond acceptors (Lipinski definition) is 12. The Kier molecular flexibility index (Phi) is 3.20. The van der Waals surface area contributed by atoms with Crippen molar-refractivity contribution in [2.75, 3.05) is 0 Å². The molecule has 12 nitrogen and oxygen atoms in total. The molecule has 6 heterocycles. The Hall–Kier alpha value is -3.78. The first-order chi connectivity index (χ1) is 13.9. The van der Waals surface area contributed by atoms with Crippen molar-refractivity contribution >= 4 is 32.6 Å². The van der Waals surface area contributed by atoms with Crippen molar-refractivity contribution in [1.29, 1.82) is 0 Å². The SMILES string of the molecule is c1cnc(-c2nnc3sc(-c4nn5c(-c6cnccn6)nnc5s4)nn23)cn1. The molecule has 0 unspecified atom stereocenters. The highest BCUT2D eigenvalue weighted by molar-refractivity contribution is 7.26. The van der Waals surface area contributed by atoms with Gasteiger partial charge in [0.25, 0.3) is 0 Å². The fourth-order valence-corrected chi connectivity index (χ4v) is 4.24. The van der Waals surface area contributed by atoms with Crippen LogP contribution in [0.4, 0.5) is 0 Å². The molecule has 6 aromatic rings. The molecule has 0 amide bonds. The van der Waals surface area contributed by atoms with E-state index in [4.69, 9.17) is 0 Å². The van der Waals surface area contributed by atoms with E-state index in [0.717, 1.165) is 0 Å². The van der Waals surface area contributed by atoms with Gasteiger partial charge < -0.3 is 0 Å². The molecule has 0 aliphatic heterocycles. The summed E-state index contributed by atoms with van der Waals surface area (Å²) in [5.74, 6) is 1.04. The van der Waals surface area contributed by atoms with Crippen LogP contribution in [-0.4, -0.2) is 59.6 Å². The maximum Gasteiger partial charge on any atom is 0.235 e. The van der Waals surface area contributed by atoms with Crippen LogP contribution in [0.5, 0.6) is 0 Å². The van der Waals surface area contributed by atoms with Crippen LogP contribution in [0.15, 0.2) is 37.2 Å². The van der Waals surface area contributed by atoms with Crippen molar-refractivity contribution < 1.29 is 0 Å². The van der Waals surface area contributed by atoms with Gasteiger partial charge in [-0.3, -0.25) is 9.97 Å². The first kappa shape index (κ1) is 15.3. The molecule has 0 radical (unpaired) electrons. The molecule has 6 aromatic heterocycles. The maximum atomic E-state index is 4.60. The molecule has 0 aliphatic carbocycles. The zero-order valence-electron chi connectivity index (χ0n) is 13.6. The molecule has 6 rings (SSSR count). The summed E-state index contributed by atoms with van der Waals surface area (Å²) in [6, 6.07) is 0. The molecule has 0 aliphatic rings. The van der Waals surface area contributed by atoms with Crippen LogP contribution in [-0.2, 0) is 0 Å². The molecule has 0 spiro atoms. The highest BCUT2D eigenvalue weighted by Crippen LogP contribution is 2.31. The monoisotopic (exact) mass is 406 g/mol. The van der Waals surface area contributed by atoms with Crippen molar-refractivity contribution in [1.82, 2.24) is 59.6 Å². The van der Waals surface area contributed by atoms with E-state index in [-0.39, 0.29) is 0 Å². The minimum absolute atomic E-state index is 0.522. The largest absolute Gasteiger partial charge is 0.261 e. The van der Waals surface area contributed by atoms with Gasteiger partial charge in [0.15, 0.2) is 10.0 Å². The van der Waals surface area contributed by atoms with Gasteiger partial charge in [-0.15, -0.1) is 30.6 Å². The third-order valence-corrected chi connectivity index (χ3v) is 5.69. The fourth-order valence-electron chi connectivity index (χ4n) is 2.56. The van der Waals surface area contributed by atoms with Crippen LogP contribution in [0.3, 0.4) is 0 Å². The van der Waals surface area contributed by atoms with Gasteiger partial charge in [-0.2, -0.15) is 9.03 Å². The lowest BCUT2D eigenvalue weighted by Gasteiger charge is -1.94. The van der Waals surface area contributed by atoms with Gasteiger partial charge in [-0.05, 0) is 0 Å². The number of fused-ring (bicyclic) bond motifs is 2. The Morgan fingerprint density at radius 3 is 1.54 bits per heavy atom.